The van der Waals surface area contributed by atoms with Crippen LogP contribution >= 0.6 is 0 Å². The van der Waals surface area contributed by atoms with Crippen LogP contribution in [0, 0.1) is 5.82 Å². The van der Waals surface area contributed by atoms with E-state index in [0.717, 1.165) is 50.0 Å². The minimum Gasteiger partial charge on any atom is -0.371 e. The molecular weight excluding hydrogens is 369 g/mol. The maximum atomic E-state index is 13.1. The molecule has 0 aliphatic carbocycles. The molecule has 2 amide bonds. The molecule has 29 heavy (non-hydrogen) atoms. The van der Waals surface area contributed by atoms with Crippen molar-refractivity contribution in [2.45, 2.75) is 45.6 Å². The molecule has 2 aromatic rings. The monoisotopic (exact) mass is 397 g/mol. The predicted molar refractivity (Wildman–Crippen MR) is 114 cm³/mol. The minimum absolute atomic E-state index is 0.0431. The number of unbranched alkanes of at least 4 members (excludes halogenated alkanes) is 1. The fraction of sp³-hybridized carbons (Fsp3) is 0.391. The Morgan fingerprint density at radius 3 is 2.48 bits per heavy atom. The Morgan fingerprint density at radius 1 is 1.07 bits per heavy atom. The number of nitrogens with one attached hydrogen (secondary N) is 2. The first-order valence-corrected chi connectivity index (χ1v) is 10.3. The van der Waals surface area contributed by atoms with Crippen LogP contribution in [0.5, 0.6) is 0 Å². The Morgan fingerprint density at radius 2 is 1.79 bits per heavy atom. The summed E-state index contributed by atoms with van der Waals surface area (Å²) in [5.74, 6) is -0.553. The summed E-state index contributed by atoms with van der Waals surface area (Å²) in [7, 11) is 0. The molecule has 0 saturated carbocycles. The molecule has 1 saturated heterocycles. The molecule has 1 heterocycles. The van der Waals surface area contributed by atoms with Gasteiger partial charge in [0.25, 0.3) is 5.91 Å². The molecule has 1 aliphatic rings. The van der Waals surface area contributed by atoms with Crippen molar-refractivity contribution in [1.29, 1.82) is 0 Å². The second kappa shape index (κ2) is 10.0. The third kappa shape index (κ3) is 5.79. The third-order valence-electron chi connectivity index (χ3n) is 5.10. The van der Waals surface area contributed by atoms with Crippen molar-refractivity contribution in [1.82, 2.24) is 5.32 Å². The fourth-order valence-electron chi connectivity index (χ4n) is 3.47. The van der Waals surface area contributed by atoms with Crippen LogP contribution in [0.2, 0.25) is 0 Å². The van der Waals surface area contributed by atoms with Crippen molar-refractivity contribution in [3.05, 3.63) is 59.4 Å². The summed E-state index contributed by atoms with van der Waals surface area (Å²) in [6.45, 7) is 4.19. The molecule has 0 spiro atoms. The summed E-state index contributed by atoms with van der Waals surface area (Å²) in [6, 6.07) is 11.6. The first-order chi connectivity index (χ1) is 14.1. The van der Waals surface area contributed by atoms with Crippen LogP contribution in [-0.4, -0.2) is 24.9 Å². The number of carbonyl (C=O) groups is 2. The number of halogens is 1. The first-order valence-electron chi connectivity index (χ1n) is 10.3. The summed E-state index contributed by atoms with van der Waals surface area (Å²) in [6.07, 6.45) is 4.47. The maximum Gasteiger partial charge on any atom is 0.253 e. The summed E-state index contributed by atoms with van der Waals surface area (Å²) in [4.78, 5) is 27.2. The lowest BCUT2D eigenvalue weighted by Crippen LogP contribution is -2.27. The van der Waals surface area contributed by atoms with Crippen molar-refractivity contribution in [3.63, 3.8) is 0 Å². The fourth-order valence-corrected chi connectivity index (χ4v) is 3.47. The standard InChI is InChI=1S/C23H28FN3O2/c1-2-3-6-22(28)26-19-11-12-21(27-13-4-5-14-27)20(15-19)23(29)25-16-17-7-9-18(24)10-8-17/h7-12,15H,2-6,13-14,16H2,1H3,(H,25,29)(H,26,28). The van der Waals surface area contributed by atoms with Crippen LogP contribution in [0.3, 0.4) is 0 Å². The number of rotatable bonds is 8. The van der Waals surface area contributed by atoms with E-state index in [9.17, 15) is 14.0 Å². The molecule has 1 fully saturated rings. The van der Waals surface area contributed by atoms with Crippen LogP contribution in [0.1, 0.15) is 54.9 Å². The lowest BCUT2D eigenvalue weighted by atomic mass is 10.1. The zero-order chi connectivity index (χ0) is 20.6. The maximum absolute atomic E-state index is 13.1. The molecule has 2 aromatic carbocycles. The van der Waals surface area contributed by atoms with Crippen molar-refractivity contribution in [3.8, 4) is 0 Å². The van der Waals surface area contributed by atoms with Gasteiger partial charge in [-0.3, -0.25) is 9.59 Å². The third-order valence-corrected chi connectivity index (χ3v) is 5.10. The van der Waals surface area contributed by atoms with Gasteiger partial charge in [0.15, 0.2) is 0 Å². The smallest absolute Gasteiger partial charge is 0.253 e. The minimum atomic E-state index is -0.303. The van der Waals surface area contributed by atoms with Gasteiger partial charge in [-0.05, 0) is 55.2 Å². The van der Waals surface area contributed by atoms with Gasteiger partial charge >= 0.3 is 0 Å². The van der Waals surface area contributed by atoms with E-state index in [1.54, 1.807) is 18.2 Å². The highest BCUT2D eigenvalue weighted by Gasteiger charge is 2.20. The van der Waals surface area contributed by atoms with Crippen LogP contribution in [0.4, 0.5) is 15.8 Å². The quantitative estimate of drug-likeness (QED) is 0.690. The molecule has 6 heteroatoms. The Kier molecular flexibility index (Phi) is 7.22. The average Bonchev–Trinajstić information content (AvgIpc) is 3.26. The first kappa shape index (κ1) is 20.8. The van der Waals surface area contributed by atoms with Crippen molar-refractivity contribution in [2.24, 2.45) is 0 Å². The highest BCUT2D eigenvalue weighted by atomic mass is 19.1. The SMILES string of the molecule is CCCCC(=O)Nc1ccc(N2CCCC2)c(C(=O)NCc2ccc(F)cc2)c1. The molecule has 0 bridgehead atoms. The molecular formula is C23H28FN3O2. The lowest BCUT2D eigenvalue weighted by molar-refractivity contribution is -0.116. The molecule has 0 aromatic heterocycles. The summed E-state index contributed by atoms with van der Waals surface area (Å²) in [5, 5.41) is 5.80. The zero-order valence-corrected chi connectivity index (χ0v) is 16.8. The highest BCUT2D eigenvalue weighted by Crippen LogP contribution is 2.28. The molecule has 5 nitrogen and oxygen atoms in total. The van der Waals surface area contributed by atoms with Crippen molar-refractivity contribution in [2.75, 3.05) is 23.3 Å². The van der Waals surface area contributed by atoms with Crippen LogP contribution < -0.4 is 15.5 Å². The molecule has 1 aliphatic heterocycles. The van der Waals surface area contributed by atoms with E-state index >= 15 is 0 Å². The van der Waals surface area contributed by atoms with Crippen molar-refractivity contribution < 1.29 is 14.0 Å². The second-order valence-corrected chi connectivity index (χ2v) is 7.39. The Hall–Kier alpha value is -2.89. The van der Waals surface area contributed by atoms with E-state index in [4.69, 9.17) is 0 Å². The van der Waals surface area contributed by atoms with E-state index < -0.39 is 0 Å². The van der Waals surface area contributed by atoms with Gasteiger partial charge in [0, 0.05) is 37.4 Å². The summed E-state index contributed by atoms with van der Waals surface area (Å²) >= 11 is 0. The van der Waals surface area contributed by atoms with Gasteiger partial charge in [-0.2, -0.15) is 0 Å². The van der Waals surface area contributed by atoms with Gasteiger partial charge in [-0.1, -0.05) is 25.5 Å². The van der Waals surface area contributed by atoms with Gasteiger partial charge in [-0.25, -0.2) is 4.39 Å². The van der Waals surface area contributed by atoms with Gasteiger partial charge in [0.1, 0.15) is 5.82 Å². The molecule has 0 unspecified atom stereocenters. The number of benzene rings is 2. The second-order valence-electron chi connectivity index (χ2n) is 7.39. The molecule has 2 N–H and O–H groups in total. The predicted octanol–water partition coefficient (Wildman–Crippen LogP) is 4.48. The lowest BCUT2D eigenvalue weighted by Gasteiger charge is -2.22. The van der Waals surface area contributed by atoms with Gasteiger partial charge in [-0.15, -0.1) is 0 Å². The van der Waals surface area contributed by atoms with Crippen LogP contribution in [0.15, 0.2) is 42.5 Å². The van der Waals surface area contributed by atoms with Crippen molar-refractivity contribution >= 4 is 23.2 Å². The van der Waals surface area contributed by atoms with Gasteiger partial charge in [0.05, 0.1) is 5.56 Å². The molecule has 0 atom stereocenters. The van der Waals surface area contributed by atoms with E-state index in [1.807, 2.05) is 19.1 Å². The van der Waals surface area contributed by atoms with Crippen LogP contribution in [0.25, 0.3) is 0 Å². The Bertz CT molecular complexity index is 846. The number of amides is 2. The van der Waals surface area contributed by atoms with E-state index in [2.05, 4.69) is 15.5 Å². The Labute approximate surface area is 171 Å². The van der Waals surface area contributed by atoms with Gasteiger partial charge in [0.2, 0.25) is 5.91 Å². The highest BCUT2D eigenvalue weighted by molar-refractivity contribution is 6.02. The normalized spacial score (nSPS) is 13.4. The van der Waals surface area contributed by atoms with Gasteiger partial charge < -0.3 is 15.5 Å². The van der Waals surface area contributed by atoms with E-state index in [1.165, 1.54) is 12.1 Å². The topological polar surface area (TPSA) is 61.4 Å². The number of nitrogens with zero attached hydrogens (tertiary/aromatic N) is 1. The van der Waals surface area contributed by atoms with Crippen LogP contribution in [-0.2, 0) is 11.3 Å². The number of hydrogen-bond donors (Lipinski definition) is 2. The molecule has 154 valence electrons. The molecule has 0 radical (unpaired) electrons. The summed E-state index contributed by atoms with van der Waals surface area (Å²) < 4.78 is 13.1. The number of carbonyl (C=O) groups excluding carboxylic acids is 2. The Balaban J connectivity index is 1.76. The number of hydrogen-bond acceptors (Lipinski definition) is 3. The van der Waals surface area contributed by atoms with E-state index in [0.29, 0.717) is 24.2 Å². The number of anilines is 2. The molecule has 3 rings (SSSR count). The largest absolute Gasteiger partial charge is 0.371 e. The average molecular weight is 397 g/mol. The summed E-state index contributed by atoms with van der Waals surface area (Å²) in [5.41, 5.74) is 2.88. The zero-order valence-electron chi connectivity index (χ0n) is 16.8. The van der Waals surface area contributed by atoms with E-state index in [-0.39, 0.29) is 17.6 Å².